The fourth-order valence-electron chi connectivity index (χ4n) is 7.87. The molecule has 286 valence electrons. The highest BCUT2D eigenvalue weighted by Gasteiger charge is 2.39. The molecule has 2 N–H and O–H groups in total. The third kappa shape index (κ3) is 8.22. The molecule has 54 heavy (non-hydrogen) atoms. The number of carbonyl (C=O) groups excluding carboxylic acids is 4. The zero-order valence-corrected chi connectivity index (χ0v) is 32.1. The summed E-state index contributed by atoms with van der Waals surface area (Å²) in [5, 5.41) is 4.06. The number of hydrogen-bond acceptors (Lipinski definition) is 7. The topological polar surface area (TPSA) is 133 Å². The molecular formula is C42H52N6O6. The molecule has 12 heteroatoms. The molecule has 3 heterocycles. The number of methoxy groups -OCH3 is 2. The first kappa shape index (κ1) is 38.3. The van der Waals surface area contributed by atoms with E-state index in [1.54, 1.807) is 0 Å². The predicted octanol–water partition coefficient (Wildman–Crippen LogP) is 7.19. The highest BCUT2D eigenvalue weighted by molar-refractivity contribution is 6.04. The van der Waals surface area contributed by atoms with Gasteiger partial charge in [0.2, 0.25) is 5.91 Å². The molecule has 1 aliphatic carbocycles. The standard InChI is InChI=1S/C42H52N6O6/c1-26(2)38(44-40(50)53-5)39(49)46-21-8-10-37(46)35-24-34(25-43-35)31-17-13-29(14-18-31)28-11-15-30(16-12-28)32-19-20-33(23-32)36-9-7-22-47(36)42(52)48(27(3)4)45-41(51)54-6/h11-20,25-27,36-38H,7-10,21-24H2,1-6H3,(H,44,50)(H,45,51)/t36-,37-,38-/m0/s1. The quantitative estimate of drug-likeness (QED) is 0.262. The van der Waals surface area contributed by atoms with Crippen molar-refractivity contribution in [2.45, 2.75) is 90.4 Å². The van der Waals surface area contributed by atoms with Crippen molar-refractivity contribution in [3.63, 3.8) is 0 Å². The summed E-state index contributed by atoms with van der Waals surface area (Å²) < 4.78 is 9.50. The molecule has 2 aromatic carbocycles. The molecule has 4 aliphatic rings. The molecule has 12 nitrogen and oxygen atoms in total. The number of aliphatic imine (C=N–C) groups is 1. The van der Waals surface area contributed by atoms with Crippen LogP contribution in [0.1, 0.15) is 77.3 Å². The number of rotatable bonds is 9. The van der Waals surface area contributed by atoms with E-state index in [4.69, 9.17) is 14.5 Å². The highest BCUT2D eigenvalue weighted by Crippen LogP contribution is 2.37. The molecule has 0 aromatic heterocycles. The Kier molecular flexibility index (Phi) is 11.9. The highest BCUT2D eigenvalue weighted by atomic mass is 16.5. The normalized spacial score (nSPS) is 20.0. The van der Waals surface area contributed by atoms with E-state index in [-0.39, 0.29) is 36.0 Å². The second-order valence-corrected chi connectivity index (χ2v) is 15.0. The van der Waals surface area contributed by atoms with Gasteiger partial charge in [-0.2, -0.15) is 0 Å². The van der Waals surface area contributed by atoms with Gasteiger partial charge in [0.05, 0.1) is 26.3 Å². The number of allylic oxidation sites excluding steroid dienone is 4. The Morgan fingerprint density at radius 3 is 1.91 bits per heavy atom. The Morgan fingerprint density at radius 2 is 1.31 bits per heavy atom. The van der Waals surface area contributed by atoms with Crippen LogP contribution >= 0.6 is 0 Å². The monoisotopic (exact) mass is 736 g/mol. The number of nitrogens with zero attached hydrogens (tertiary/aromatic N) is 4. The Labute approximate surface area is 317 Å². The molecule has 0 unspecified atom stereocenters. The number of hydrazine groups is 1. The molecule has 3 aliphatic heterocycles. The zero-order valence-electron chi connectivity index (χ0n) is 32.1. The lowest BCUT2D eigenvalue weighted by Gasteiger charge is -2.34. The van der Waals surface area contributed by atoms with Crippen LogP contribution in [0, 0.1) is 5.92 Å². The molecule has 5 amide bonds. The minimum absolute atomic E-state index is 0.0200. The van der Waals surface area contributed by atoms with E-state index in [1.807, 2.05) is 43.7 Å². The summed E-state index contributed by atoms with van der Waals surface area (Å²) >= 11 is 0. The Balaban J connectivity index is 1.04. The molecule has 2 fully saturated rings. The van der Waals surface area contributed by atoms with E-state index in [2.05, 4.69) is 71.4 Å². The van der Waals surface area contributed by atoms with E-state index in [9.17, 15) is 19.2 Å². The molecule has 3 atom stereocenters. The van der Waals surface area contributed by atoms with E-state index >= 15 is 0 Å². The van der Waals surface area contributed by atoms with Crippen molar-refractivity contribution in [1.29, 1.82) is 0 Å². The Morgan fingerprint density at radius 1 is 0.741 bits per heavy atom. The average Bonchev–Trinajstić information content (AvgIpc) is 4.02. The lowest BCUT2D eigenvalue weighted by molar-refractivity contribution is -0.134. The molecule has 6 rings (SSSR count). The number of carbonyl (C=O) groups is 4. The van der Waals surface area contributed by atoms with Gasteiger partial charge >= 0.3 is 18.2 Å². The van der Waals surface area contributed by atoms with Gasteiger partial charge in [-0.1, -0.05) is 74.5 Å². The predicted molar refractivity (Wildman–Crippen MR) is 209 cm³/mol. The second kappa shape index (κ2) is 16.7. The van der Waals surface area contributed by atoms with E-state index < -0.39 is 18.2 Å². The minimum Gasteiger partial charge on any atom is -0.453 e. The van der Waals surface area contributed by atoms with Crippen molar-refractivity contribution in [2.24, 2.45) is 10.9 Å². The fourth-order valence-corrected chi connectivity index (χ4v) is 7.87. The van der Waals surface area contributed by atoms with Crippen LogP contribution in [0.5, 0.6) is 0 Å². The van der Waals surface area contributed by atoms with Gasteiger partial charge in [0.15, 0.2) is 0 Å². The van der Waals surface area contributed by atoms with Crippen LogP contribution < -0.4 is 10.7 Å². The lowest BCUT2D eigenvalue weighted by Crippen LogP contribution is -2.56. The first-order valence-electron chi connectivity index (χ1n) is 18.9. The molecule has 2 aromatic rings. The summed E-state index contributed by atoms with van der Waals surface area (Å²) in [4.78, 5) is 59.4. The van der Waals surface area contributed by atoms with Crippen molar-refractivity contribution in [2.75, 3.05) is 27.3 Å². The Hall–Kier alpha value is -5.39. The molecule has 0 bridgehead atoms. The third-order valence-corrected chi connectivity index (χ3v) is 10.9. The average molecular weight is 737 g/mol. The summed E-state index contributed by atoms with van der Waals surface area (Å²) in [6, 6.07) is 15.9. The smallest absolute Gasteiger partial charge is 0.425 e. The lowest BCUT2D eigenvalue weighted by atomic mass is 9.94. The molecule has 2 saturated heterocycles. The minimum atomic E-state index is -0.665. The van der Waals surface area contributed by atoms with Crippen LogP contribution in [0.25, 0.3) is 22.3 Å². The number of hydrogen-bond donors (Lipinski definition) is 2. The van der Waals surface area contributed by atoms with Gasteiger partial charge in [-0.05, 0) is 90.8 Å². The largest absolute Gasteiger partial charge is 0.453 e. The van der Waals surface area contributed by atoms with E-state index in [0.29, 0.717) is 19.5 Å². The van der Waals surface area contributed by atoms with Gasteiger partial charge in [0.25, 0.3) is 0 Å². The van der Waals surface area contributed by atoms with Crippen LogP contribution in [0.4, 0.5) is 14.4 Å². The first-order chi connectivity index (χ1) is 26.0. The van der Waals surface area contributed by atoms with Crippen LogP contribution in [0.15, 0.2) is 77.4 Å². The number of urea groups is 1. The second-order valence-electron chi connectivity index (χ2n) is 15.0. The van der Waals surface area contributed by atoms with Gasteiger partial charge in [-0.15, -0.1) is 0 Å². The number of amides is 5. The molecular weight excluding hydrogens is 684 g/mol. The molecule has 0 radical (unpaired) electrons. The summed E-state index contributed by atoms with van der Waals surface area (Å²) in [6.45, 7) is 8.83. The first-order valence-corrected chi connectivity index (χ1v) is 18.9. The van der Waals surface area contributed by atoms with Crippen molar-refractivity contribution >= 4 is 41.0 Å². The van der Waals surface area contributed by atoms with Gasteiger partial charge in [-0.3, -0.25) is 9.79 Å². The SMILES string of the molecule is COC(=O)N[C@H](C(=O)N1CCC[C@H]1C1=NC=C(c2ccc(-c3ccc(C4=CC=C([C@@H]5CCCN5C(=O)N(NC(=O)OC)C(C)C)C4)cc3)cc2)C1)C(C)C. The van der Waals surface area contributed by atoms with Gasteiger partial charge in [0, 0.05) is 37.5 Å². The van der Waals surface area contributed by atoms with Crippen molar-refractivity contribution < 1.29 is 28.7 Å². The maximum atomic E-state index is 13.6. The molecule has 0 saturated carbocycles. The van der Waals surface area contributed by atoms with E-state index in [1.165, 1.54) is 30.4 Å². The number of likely N-dealkylation sites (tertiary alicyclic amines) is 2. The van der Waals surface area contributed by atoms with Crippen LogP contribution in [0.2, 0.25) is 0 Å². The van der Waals surface area contributed by atoms with Crippen molar-refractivity contribution in [3.05, 3.63) is 83.6 Å². The van der Waals surface area contributed by atoms with Crippen molar-refractivity contribution in [3.8, 4) is 11.1 Å². The fraction of sp³-hybridized carbons (Fsp3) is 0.452. The maximum absolute atomic E-state index is 13.6. The van der Waals surface area contributed by atoms with Gasteiger partial charge in [0.1, 0.15) is 6.04 Å². The number of benzene rings is 2. The summed E-state index contributed by atoms with van der Waals surface area (Å²) in [5.41, 5.74) is 11.6. The van der Waals surface area contributed by atoms with Crippen LogP contribution in [-0.2, 0) is 14.3 Å². The number of nitrogens with one attached hydrogen (secondary N) is 2. The third-order valence-electron chi connectivity index (χ3n) is 10.9. The van der Waals surface area contributed by atoms with Gasteiger partial charge in [-0.25, -0.2) is 24.8 Å². The number of ether oxygens (including phenoxy) is 2. The van der Waals surface area contributed by atoms with E-state index in [0.717, 1.165) is 65.6 Å². The number of alkyl carbamates (subject to hydrolysis) is 1. The maximum Gasteiger partial charge on any atom is 0.425 e. The van der Waals surface area contributed by atoms with Crippen LogP contribution in [-0.4, -0.2) is 96.1 Å². The van der Waals surface area contributed by atoms with Gasteiger partial charge < -0.3 is 24.6 Å². The summed E-state index contributed by atoms with van der Waals surface area (Å²) in [7, 11) is 2.59. The summed E-state index contributed by atoms with van der Waals surface area (Å²) in [5.74, 6) is -0.174. The summed E-state index contributed by atoms with van der Waals surface area (Å²) in [6.07, 6.45) is 9.93. The zero-order chi connectivity index (χ0) is 38.5. The molecule has 0 spiro atoms. The van der Waals surface area contributed by atoms with Crippen molar-refractivity contribution in [1.82, 2.24) is 25.6 Å². The van der Waals surface area contributed by atoms with Crippen LogP contribution in [0.3, 0.4) is 0 Å². The Bertz CT molecular complexity index is 1730.